The lowest BCUT2D eigenvalue weighted by Gasteiger charge is -2.13. The molecular weight excluding hydrogens is 318 g/mol. The number of rotatable bonds is 6. The molecule has 7 nitrogen and oxygen atoms in total. The van der Waals surface area contributed by atoms with E-state index in [1.165, 1.54) is 16.4 Å². The van der Waals surface area contributed by atoms with E-state index in [-0.39, 0.29) is 5.91 Å². The summed E-state index contributed by atoms with van der Waals surface area (Å²) in [5, 5.41) is 4.93. The normalized spacial score (nSPS) is 13.1. The van der Waals surface area contributed by atoms with Crippen molar-refractivity contribution in [3.05, 3.63) is 23.5 Å². The summed E-state index contributed by atoms with van der Waals surface area (Å²) in [4.78, 5) is 16.0. The monoisotopic (exact) mass is 335 g/mol. The molecule has 0 unspecified atom stereocenters. The minimum absolute atomic E-state index is 0.0171. The van der Waals surface area contributed by atoms with Crippen LogP contribution < -0.4 is 14.2 Å². The van der Waals surface area contributed by atoms with Crippen LogP contribution in [0.25, 0.3) is 0 Å². The Bertz CT molecular complexity index is 719. The van der Waals surface area contributed by atoms with Crippen molar-refractivity contribution in [1.82, 2.24) is 14.8 Å². The van der Waals surface area contributed by atoms with Gasteiger partial charge in [-0.1, -0.05) is 11.8 Å². The van der Waals surface area contributed by atoms with Crippen molar-refractivity contribution in [2.45, 2.75) is 18.0 Å². The molecule has 1 aromatic carbocycles. The van der Waals surface area contributed by atoms with Gasteiger partial charge in [-0.15, -0.1) is 5.10 Å². The van der Waals surface area contributed by atoms with Gasteiger partial charge in [-0.2, -0.15) is 4.68 Å². The van der Waals surface area contributed by atoms with Crippen LogP contribution in [0.3, 0.4) is 0 Å². The molecule has 122 valence electrons. The molecule has 3 rings (SSSR count). The molecule has 0 aliphatic carbocycles. The zero-order valence-corrected chi connectivity index (χ0v) is 14.0. The standard InChI is InChI=1S/C15H17N3O4S/c1-20-10-6-9(7-11(21-2)14(10)22-3)4-5-12-16-15-18(17-12)13(19)8-23-15/h6-7H,4-5,8H2,1-3H3. The fourth-order valence-corrected chi connectivity index (χ4v) is 3.23. The molecule has 0 atom stereocenters. The molecular formula is C15H17N3O4S. The first-order valence-electron chi connectivity index (χ1n) is 7.07. The average molecular weight is 335 g/mol. The number of aryl methyl sites for hydroxylation is 2. The number of hydrogen-bond acceptors (Lipinski definition) is 7. The molecule has 0 saturated carbocycles. The summed E-state index contributed by atoms with van der Waals surface area (Å²) in [5.74, 6) is 2.87. The van der Waals surface area contributed by atoms with Crippen LogP contribution in [0.5, 0.6) is 17.2 Å². The second kappa shape index (κ2) is 6.49. The van der Waals surface area contributed by atoms with E-state index in [2.05, 4.69) is 10.1 Å². The molecule has 0 radical (unpaired) electrons. The van der Waals surface area contributed by atoms with Gasteiger partial charge in [0.2, 0.25) is 5.75 Å². The highest BCUT2D eigenvalue weighted by Gasteiger charge is 2.23. The smallest absolute Gasteiger partial charge is 0.259 e. The number of aromatic nitrogens is 3. The number of benzene rings is 1. The zero-order chi connectivity index (χ0) is 16.4. The minimum atomic E-state index is -0.0171. The van der Waals surface area contributed by atoms with Crippen molar-refractivity contribution in [2.75, 3.05) is 27.1 Å². The fourth-order valence-electron chi connectivity index (χ4n) is 2.42. The number of methoxy groups -OCH3 is 3. The Balaban J connectivity index is 1.78. The van der Waals surface area contributed by atoms with Gasteiger partial charge in [0.1, 0.15) is 0 Å². The minimum Gasteiger partial charge on any atom is -0.493 e. The highest BCUT2D eigenvalue weighted by atomic mass is 32.2. The lowest BCUT2D eigenvalue weighted by Crippen LogP contribution is -2.09. The van der Waals surface area contributed by atoms with E-state index in [1.54, 1.807) is 21.3 Å². The Morgan fingerprint density at radius 2 is 1.83 bits per heavy atom. The van der Waals surface area contributed by atoms with Crippen molar-refractivity contribution in [3.8, 4) is 17.2 Å². The second-order valence-electron chi connectivity index (χ2n) is 4.94. The van der Waals surface area contributed by atoms with Crippen molar-refractivity contribution in [1.29, 1.82) is 0 Å². The van der Waals surface area contributed by atoms with Crippen molar-refractivity contribution >= 4 is 17.7 Å². The van der Waals surface area contributed by atoms with E-state index in [9.17, 15) is 4.79 Å². The van der Waals surface area contributed by atoms with Crippen molar-refractivity contribution in [2.24, 2.45) is 0 Å². The summed E-state index contributed by atoms with van der Waals surface area (Å²) in [5.41, 5.74) is 1.02. The Hall–Kier alpha value is -2.22. The molecule has 0 amide bonds. The number of carbonyl (C=O) groups excluding carboxylic acids is 1. The topological polar surface area (TPSA) is 75.5 Å². The van der Waals surface area contributed by atoms with Gasteiger partial charge in [0.05, 0.1) is 27.1 Å². The lowest BCUT2D eigenvalue weighted by molar-refractivity contribution is 0.0923. The number of hydrogen-bond donors (Lipinski definition) is 0. The largest absolute Gasteiger partial charge is 0.493 e. The fraction of sp³-hybridized carbons (Fsp3) is 0.400. The number of thioether (sulfide) groups is 1. The maximum atomic E-state index is 11.6. The van der Waals surface area contributed by atoms with Crippen molar-refractivity contribution in [3.63, 3.8) is 0 Å². The summed E-state index contributed by atoms with van der Waals surface area (Å²) in [6.45, 7) is 0. The molecule has 0 N–H and O–H groups in total. The molecule has 1 aromatic heterocycles. The number of nitrogens with zero attached hydrogens (tertiary/aromatic N) is 3. The van der Waals surface area contributed by atoms with Gasteiger partial charge >= 0.3 is 0 Å². The van der Waals surface area contributed by atoms with E-state index in [1.807, 2.05) is 12.1 Å². The Morgan fingerprint density at radius 1 is 1.13 bits per heavy atom. The van der Waals surface area contributed by atoms with Crippen LogP contribution in [-0.2, 0) is 12.8 Å². The lowest BCUT2D eigenvalue weighted by atomic mass is 10.1. The van der Waals surface area contributed by atoms with E-state index >= 15 is 0 Å². The predicted molar refractivity (Wildman–Crippen MR) is 84.9 cm³/mol. The molecule has 0 fully saturated rings. The molecule has 1 aliphatic heterocycles. The molecule has 0 bridgehead atoms. The van der Waals surface area contributed by atoms with Gasteiger partial charge in [-0.3, -0.25) is 4.79 Å². The van der Waals surface area contributed by atoms with Gasteiger partial charge in [0.25, 0.3) is 5.91 Å². The highest BCUT2D eigenvalue weighted by molar-refractivity contribution is 8.00. The van der Waals surface area contributed by atoms with Crippen molar-refractivity contribution < 1.29 is 19.0 Å². The molecule has 8 heteroatoms. The molecule has 2 heterocycles. The van der Waals surface area contributed by atoms with Crippen LogP contribution in [0.15, 0.2) is 17.3 Å². The highest BCUT2D eigenvalue weighted by Crippen LogP contribution is 2.38. The third-order valence-corrected chi connectivity index (χ3v) is 4.46. The zero-order valence-electron chi connectivity index (χ0n) is 13.2. The number of fused-ring (bicyclic) bond motifs is 1. The first kappa shape index (κ1) is 15.7. The molecule has 0 spiro atoms. The summed E-state index contributed by atoms with van der Waals surface area (Å²) in [7, 11) is 4.75. The van der Waals surface area contributed by atoms with E-state index in [0.29, 0.717) is 46.8 Å². The first-order chi connectivity index (χ1) is 11.2. The van der Waals surface area contributed by atoms with E-state index < -0.39 is 0 Å². The summed E-state index contributed by atoms with van der Waals surface area (Å²) >= 11 is 1.42. The van der Waals surface area contributed by atoms with Gasteiger partial charge in [0, 0.05) is 6.42 Å². The van der Waals surface area contributed by atoms with Crippen LogP contribution in [0, 0.1) is 0 Å². The molecule has 1 aliphatic rings. The summed E-state index contributed by atoms with van der Waals surface area (Å²) in [6.07, 6.45) is 1.34. The molecule has 2 aromatic rings. The van der Waals surface area contributed by atoms with E-state index in [0.717, 1.165) is 5.56 Å². The maximum Gasteiger partial charge on any atom is 0.259 e. The average Bonchev–Trinajstić information content (AvgIpc) is 3.13. The van der Waals surface area contributed by atoms with Crippen LogP contribution in [-0.4, -0.2) is 47.8 Å². The molecule has 0 saturated heterocycles. The quantitative estimate of drug-likeness (QED) is 0.797. The Morgan fingerprint density at radius 3 is 2.39 bits per heavy atom. The third-order valence-electron chi connectivity index (χ3n) is 3.54. The van der Waals surface area contributed by atoms with Gasteiger partial charge in [0.15, 0.2) is 22.5 Å². The van der Waals surface area contributed by atoms with Crippen LogP contribution in [0.2, 0.25) is 0 Å². The second-order valence-corrected chi connectivity index (χ2v) is 5.88. The SMILES string of the molecule is COc1cc(CCc2nc3n(n2)C(=O)CS3)cc(OC)c1OC. The summed E-state index contributed by atoms with van der Waals surface area (Å²) < 4.78 is 17.4. The Kier molecular flexibility index (Phi) is 4.42. The molecule has 23 heavy (non-hydrogen) atoms. The van der Waals surface area contributed by atoms with Crippen LogP contribution >= 0.6 is 11.8 Å². The van der Waals surface area contributed by atoms with E-state index in [4.69, 9.17) is 14.2 Å². The van der Waals surface area contributed by atoms with Crippen LogP contribution in [0.4, 0.5) is 0 Å². The Labute approximate surface area is 137 Å². The predicted octanol–water partition coefficient (Wildman–Crippen LogP) is 1.83. The first-order valence-corrected chi connectivity index (χ1v) is 8.05. The number of carbonyl (C=O) groups is 1. The van der Waals surface area contributed by atoms with Gasteiger partial charge < -0.3 is 14.2 Å². The third kappa shape index (κ3) is 2.98. The maximum absolute atomic E-state index is 11.6. The van der Waals surface area contributed by atoms with Crippen LogP contribution in [0.1, 0.15) is 16.2 Å². The number of ether oxygens (including phenoxy) is 3. The van der Waals surface area contributed by atoms with Gasteiger partial charge in [-0.25, -0.2) is 4.98 Å². The van der Waals surface area contributed by atoms with Gasteiger partial charge in [-0.05, 0) is 24.1 Å². The summed E-state index contributed by atoms with van der Waals surface area (Å²) in [6, 6.07) is 3.82.